The first-order valence-corrected chi connectivity index (χ1v) is 9.01. The van der Waals surface area contributed by atoms with Crippen LogP contribution in [0.1, 0.15) is 19.4 Å². The monoisotopic (exact) mass is 377 g/mol. The van der Waals surface area contributed by atoms with Crippen molar-refractivity contribution in [1.29, 1.82) is 0 Å². The molecule has 6 heteroatoms. The molecule has 1 amide bonds. The van der Waals surface area contributed by atoms with Crippen LogP contribution >= 0.6 is 11.6 Å². The number of likely N-dealkylation sites (N-methyl/N-ethyl adjacent to an activating group) is 1. The van der Waals surface area contributed by atoms with E-state index >= 15 is 0 Å². The number of ether oxygens (including phenoxy) is 2. The average molecular weight is 378 g/mol. The zero-order valence-electron chi connectivity index (χ0n) is 15.6. The van der Waals surface area contributed by atoms with Gasteiger partial charge in [0.05, 0.1) is 31.5 Å². The zero-order valence-corrected chi connectivity index (χ0v) is 16.4. The minimum Gasteiger partial charge on any atom is -0.493 e. The molecule has 0 aliphatic heterocycles. The molecule has 0 fully saturated rings. The number of nitrogens with one attached hydrogen (secondary N) is 2. The van der Waals surface area contributed by atoms with Gasteiger partial charge >= 0.3 is 0 Å². The van der Waals surface area contributed by atoms with E-state index in [1.807, 2.05) is 51.2 Å². The molecule has 0 radical (unpaired) electrons. The van der Waals surface area contributed by atoms with E-state index in [2.05, 4.69) is 5.32 Å². The Kier molecular flexibility index (Phi) is 7.30. The smallest absolute Gasteiger partial charge is 0.282 e. The van der Waals surface area contributed by atoms with Crippen molar-refractivity contribution in [1.82, 2.24) is 0 Å². The molecule has 2 aromatic carbocycles. The van der Waals surface area contributed by atoms with Crippen LogP contribution in [0, 0.1) is 0 Å². The molecule has 2 N–H and O–H groups in total. The minimum absolute atomic E-state index is 0.0755. The third-order valence-corrected chi connectivity index (χ3v) is 4.60. The number of quaternary nitrogens is 1. The summed E-state index contributed by atoms with van der Waals surface area (Å²) in [5.41, 5.74) is 1.70. The fraction of sp³-hybridized carbons (Fsp3) is 0.350. The number of amides is 1. The van der Waals surface area contributed by atoms with Crippen LogP contribution in [0.5, 0.6) is 11.5 Å². The summed E-state index contributed by atoms with van der Waals surface area (Å²) in [7, 11) is 3.61. The topological polar surface area (TPSA) is 52.0 Å². The van der Waals surface area contributed by atoms with Gasteiger partial charge in [0.1, 0.15) is 6.54 Å². The first-order chi connectivity index (χ1) is 12.5. The normalized spacial score (nSPS) is 13.0. The number of para-hydroxylation sites is 1. The van der Waals surface area contributed by atoms with Crippen LogP contribution in [0.3, 0.4) is 0 Å². The Hall–Kier alpha value is -2.24. The van der Waals surface area contributed by atoms with E-state index in [0.717, 1.165) is 16.2 Å². The summed E-state index contributed by atoms with van der Waals surface area (Å²) in [4.78, 5) is 13.6. The molecule has 0 aliphatic rings. The Morgan fingerprint density at radius 2 is 1.96 bits per heavy atom. The number of hydrogen-bond acceptors (Lipinski definition) is 3. The highest BCUT2D eigenvalue weighted by Crippen LogP contribution is 2.27. The molecule has 1 unspecified atom stereocenters. The summed E-state index contributed by atoms with van der Waals surface area (Å²) < 4.78 is 10.9. The molecule has 2 atom stereocenters. The highest BCUT2D eigenvalue weighted by Gasteiger charge is 2.23. The number of rotatable bonds is 8. The second-order valence-electron chi connectivity index (χ2n) is 6.13. The molecule has 0 saturated heterocycles. The molecule has 0 bridgehead atoms. The van der Waals surface area contributed by atoms with Crippen LogP contribution in [-0.2, 0) is 11.3 Å². The number of carbonyl (C=O) groups excluding carboxylic acids is 1. The number of anilines is 1. The van der Waals surface area contributed by atoms with Crippen molar-refractivity contribution >= 4 is 23.2 Å². The van der Waals surface area contributed by atoms with Crippen molar-refractivity contribution in [2.24, 2.45) is 0 Å². The zero-order chi connectivity index (χ0) is 19.1. The number of hydrogen-bond donors (Lipinski definition) is 2. The van der Waals surface area contributed by atoms with Crippen LogP contribution in [0.25, 0.3) is 0 Å². The van der Waals surface area contributed by atoms with E-state index in [4.69, 9.17) is 21.1 Å². The molecule has 140 valence electrons. The predicted octanol–water partition coefficient (Wildman–Crippen LogP) is 2.79. The third kappa shape index (κ3) is 5.13. The van der Waals surface area contributed by atoms with Gasteiger partial charge in [-0.05, 0) is 44.2 Å². The Morgan fingerprint density at radius 3 is 2.62 bits per heavy atom. The largest absolute Gasteiger partial charge is 0.493 e. The SMILES string of the molecule is CCOc1ccc(C[NH+](C)[C@@H](C)C(=O)Nc2ccccc2Cl)cc1OC. The van der Waals surface area contributed by atoms with E-state index in [9.17, 15) is 4.79 Å². The van der Waals surface area contributed by atoms with E-state index < -0.39 is 0 Å². The molecule has 0 aromatic heterocycles. The average Bonchev–Trinajstić information content (AvgIpc) is 2.64. The molecule has 0 saturated carbocycles. The van der Waals surface area contributed by atoms with Gasteiger partial charge in [0.2, 0.25) is 0 Å². The quantitative estimate of drug-likeness (QED) is 0.743. The lowest BCUT2D eigenvalue weighted by molar-refractivity contribution is -0.907. The Labute approximate surface area is 159 Å². The molecule has 2 aromatic rings. The van der Waals surface area contributed by atoms with Gasteiger partial charge in [-0.3, -0.25) is 4.79 Å². The highest BCUT2D eigenvalue weighted by molar-refractivity contribution is 6.33. The standard InChI is InChI=1S/C20H25ClN2O3/c1-5-26-18-11-10-15(12-19(18)25-4)13-23(3)14(2)20(24)22-17-9-7-6-8-16(17)21/h6-12,14H,5,13H2,1-4H3,(H,22,24)/p+1/t14-/m0/s1. The second kappa shape index (κ2) is 9.46. The van der Waals surface area contributed by atoms with Gasteiger partial charge < -0.3 is 19.7 Å². The lowest BCUT2D eigenvalue weighted by atomic mass is 10.1. The number of carbonyl (C=O) groups is 1. The fourth-order valence-corrected chi connectivity index (χ4v) is 2.78. The van der Waals surface area contributed by atoms with E-state index in [1.165, 1.54) is 0 Å². The van der Waals surface area contributed by atoms with Crippen molar-refractivity contribution in [2.45, 2.75) is 26.4 Å². The summed E-state index contributed by atoms with van der Waals surface area (Å²) in [6, 6.07) is 12.8. The lowest BCUT2D eigenvalue weighted by Gasteiger charge is -2.22. The second-order valence-corrected chi connectivity index (χ2v) is 6.54. The number of halogens is 1. The summed E-state index contributed by atoms with van der Waals surface area (Å²) in [6.07, 6.45) is 0. The van der Waals surface area contributed by atoms with Crippen molar-refractivity contribution in [3.8, 4) is 11.5 Å². The Balaban J connectivity index is 2.03. The minimum atomic E-state index is -0.246. The first kappa shape index (κ1) is 20.1. The molecule has 26 heavy (non-hydrogen) atoms. The molecule has 0 heterocycles. The van der Waals surface area contributed by atoms with Gasteiger partial charge in [-0.15, -0.1) is 0 Å². The summed E-state index contributed by atoms with van der Waals surface area (Å²) in [6.45, 7) is 5.10. The number of methoxy groups -OCH3 is 1. The maximum atomic E-state index is 12.5. The maximum Gasteiger partial charge on any atom is 0.282 e. The first-order valence-electron chi connectivity index (χ1n) is 8.63. The molecule has 2 rings (SSSR count). The van der Waals surface area contributed by atoms with Gasteiger partial charge in [0, 0.05) is 5.56 Å². The van der Waals surface area contributed by atoms with E-state index in [0.29, 0.717) is 29.6 Å². The van der Waals surface area contributed by atoms with Crippen molar-refractivity contribution in [3.05, 3.63) is 53.1 Å². The molecular formula is C20H26ClN2O3+. The number of benzene rings is 2. The molecular weight excluding hydrogens is 352 g/mol. The van der Waals surface area contributed by atoms with Crippen molar-refractivity contribution < 1.29 is 19.2 Å². The third-order valence-electron chi connectivity index (χ3n) is 4.28. The Morgan fingerprint density at radius 1 is 1.23 bits per heavy atom. The summed E-state index contributed by atoms with van der Waals surface area (Å²) in [5.74, 6) is 1.35. The van der Waals surface area contributed by atoms with Crippen LogP contribution < -0.4 is 19.7 Å². The van der Waals surface area contributed by atoms with Gasteiger partial charge in [-0.1, -0.05) is 23.7 Å². The van der Waals surface area contributed by atoms with E-state index in [-0.39, 0.29) is 11.9 Å². The van der Waals surface area contributed by atoms with Crippen molar-refractivity contribution in [2.75, 3.05) is 26.1 Å². The van der Waals surface area contributed by atoms with Gasteiger partial charge in [-0.25, -0.2) is 0 Å². The van der Waals surface area contributed by atoms with Crippen molar-refractivity contribution in [3.63, 3.8) is 0 Å². The lowest BCUT2D eigenvalue weighted by Crippen LogP contribution is -3.12. The van der Waals surface area contributed by atoms with Crippen LogP contribution in [0.15, 0.2) is 42.5 Å². The van der Waals surface area contributed by atoms with Gasteiger partial charge in [-0.2, -0.15) is 0 Å². The maximum absolute atomic E-state index is 12.5. The van der Waals surface area contributed by atoms with Gasteiger partial charge in [0.25, 0.3) is 5.91 Å². The fourth-order valence-electron chi connectivity index (χ4n) is 2.60. The van der Waals surface area contributed by atoms with Gasteiger partial charge in [0.15, 0.2) is 17.5 Å². The molecule has 0 aliphatic carbocycles. The van der Waals surface area contributed by atoms with E-state index in [1.54, 1.807) is 19.2 Å². The van der Waals surface area contributed by atoms with Crippen LogP contribution in [-0.4, -0.2) is 32.7 Å². The summed E-state index contributed by atoms with van der Waals surface area (Å²) in [5, 5.41) is 3.42. The highest BCUT2D eigenvalue weighted by atomic mass is 35.5. The molecule has 0 spiro atoms. The predicted molar refractivity (Wildman–Crippen MR) is 104 cm³/mol. The van der Waals surface area contributed by atoms with Crippen LogP contribution in [0.4, 0.5) is 5.69 Å². The van der Waals surface area contributed by atoms with Crippen LogP contribution in [0.2, 0.25) is 5.02 Å². The summed E-state index contributed by atoms with van der Waals surface area (Å²) >= 11 is 6.11. The molecule has 5 nitrogen and oxygen atoms in total. The Bertz CT molecular complexity index is 752.